The molecule has 18 heavy (non-hydrogen) atoms. The van der Waals surface area contributed by atoms with Gasteiger partial charge >= 0.3 is 11.9 Å². The number of nitrogens with zero attached hydrogens (tertiary/aromatic N) is 2. The number of carbonyl (C=O) groups excluding carboxylic acids is 2. The summed E-state index contributed by atoms with van der Waals surface area (Å²) in [5.74, 6) is -1.89. The standard InChI is InChI=1S/C10H12N2O6/c1-3-11(6-9(13)17-2)10(14)7-4-5-8(18-7)12(15)16/h4-5H,3,6H2,1-2H3. The second-order valence-electron chi connectivity index (χ2n) is 3.29. The Morgan fingerprint density at radius 1 is 1.50 bits per heavy atom. The Hall–Kier alpha value is -2.38. The van der Waals surface area contributed by atoms with E-state index < -0.39 is 22.7 Å². The summed E-state index contributed by atoms with van der Waals surface area (Å²) in [7, 11) is 1.21. The first kappa shape index (κ1) is 13.7. The molecule has 0 radical (unpaired) electrons. The van der Waals surface area contributed by atoms with E-state index in [9.17, 15) is 19.7 Å². The summed E-state index contributed by atoms with van der Waals surface area (Å²) < 4.78 is 9.20. The van der Waals surface area contributed by atoms with Crippen molar-refractivity contribution in [1.29, 1.82) is 0 Å². The van der Waals surface area contributed by atoms with E-state index in [0.29, 0.717) is 0 Å². The molecule has 0 aromatic carbocycles. The lowest BCUT2D eigenvalue weighted by Crippen LogP contribution is -2.35. The minimum atomic E-state index is -0.743. The molecule has 0 aliphatic rings. The lowest BCUT2D eigenvalue weighted by Gasteiger charge is -2.17. The van der Waals surface area contributed by atoms with Crippen LogP contribution in [0.25, 0.3) is 0 Å². The van der Waals surface area contributed by atoms with Gasteiger partial charge in [-0.3, -0.25) is 19.7 Å². The summed E-state index contributed by atoms with van der Waals surface area (Å²) in [6, 6.07) is 2.28. The van der Waals surface area contributed by atoms with E-state index in [-0.39, 0.29) is 18.8 Å². The van der Waals surface area contributed by atoms with Crippen molar-refractivity contribution in [2.24, 2.45) is 0 Å². The van der Waals surface area contributed by atoms with Gasteiger partial charge in [0.15, 0.2) is 5.76 Å². The van der Waals surface area contributed by atoms with Gasteiger partial charge in [-0.05, 0) is 13.0 Å². The Bertz CT molecular complexity index is 467. The number of esters is 1. The molecule has 8 nitrogen and oxygen atoms in total. The zero-order chi connectivity index (χ0) is 13.7. The number of rotatable bonds is 5. The fourth-order valence-corrected chi connectivity index (χ4v) is 1.24. The van der Waals surface area contributed by atoms with Gasteiger partial charge < -0.3 is 14.1 Å². The van der Waals surface area contributed by atoms with Crippen LogP contribution >= 0.6 is 0 Å². The Morgan fingerprint density at radius 3 is 2.61 bits per heavy atom. The van der Waals surface area contributed by atoms with Gasteiger partial charge in [0.05, 0.1) is 13.2 Å². The van der Waals surface area contributed by atoms with E-state index in [1.165, 1.54) is 13.2 Å². The summed E-state index contributed by atoms with van der Waals surface area (Å²) in [5, 5.41) is 10.4. The number of nitro groups is 1. The quantitative estimate of drug-likeness (QED) is 0.439. The molecule has 1 rings (SSSR count). The fraction of sp³-hybridized carbons (Fsp3) is 0.400. The molecule has 0 N–H and O–H groups in total. The van der Waals surface area contributed by atoms with E-state index in [1.54, 1.807) is 6.92 Å². The molecular formula is C10H12N2O6. The minimum Gasteiger partial charge on any atom is -0.468 e. The van der Waals surface area contributed by atoms with Crippen LogP contribution in [0, 0.1) is 10.1 Å². The summed E-state index contributed by atoms with van der Waals surface area (Å²) >= 11 is 0. The highest BCUT2D eigenvalue weighted by molar-refractivity contribution is 5.93. The number of hydrogen-bond acceptors (Lipinski definition) is 6. The summed E-state index contributed by atoms with van der Waals surface area (Å²) in [5.41, 5.74) is 0. The van der Waals surface area contributed by atoms with E-state index >= 15 is 0 Å². The number of hydrogen-bond donors (Lipinski definition) is 0. The third kappa shape index (κ3) is 3.06. The normalized spacial score (nSPS) is 9.89. The van der Waals surface area contributed by atoms with Crippen molar-refractivity contribution in [2.75, 3.05) is 20.2 Å². The number of carbonyl (C=O) groups is 2. The molecule has 98 valence electrons. The molecule has 0 saturated heterocycles. The Labute approximate surface area is 102 Å². The van der Waals surface area contributed by atoms with E-state index in [0.717, 1.165) is 11.0 Å². The lowest BCUT2D eigenvalue weighted by atomic mass is 10.3. The van der Waals surface area contributed by atoms with Gasteiger partial charge in [0.2, 0.25) is 0 Å². The van der Waals surface area contributed by atoms with Crippen LogP contribution in [0.3, 0.4) is 0 Å². The molecule has 8 heteroatoms. The SMILES string of the molecule is CCN(CC(=O)OC)C(=O)c1ccc([N+](=O)[O-])o1. The van der Waals surface area contributed by atoms with Crippen molar-refractivity contribution in [3.05, 3.63) is 28.0 Å². The van der Waals surface area contributed by atoms with Gasteiger partial charge in [0.1, 0.15) is 11.5 Å². The van der Waals surface area contributed by atoms with Crippen LogP contribution in [0.1, 0.15) is 17.5 Å². The molecule has 0 atom stereocenters. The topological polar surface area (TPSA) is 103 Å². The van der Waals surface area contributed by atoms with Crippen LogP contribution in [0.4, 0.5) is 5.88 Å². The molecule has 0 saturated carbocycles. The second kappa shape index (κ2) is 5.80. The molecule has 0 aliphatic carbocycles. The van der Waals surface area contributed by atoms with Crippen LogP contribution in [0.2, 0.25) is 0 Å². The third-order valence-corrected chi connectivity index (χ3v) is 2.20. The highest BCUT2D eigenvalue weighted by Gasteiger charge is 2.23. The molecule has 1 heterocycles. The summed E-state index contributed by atoms with van der Waals surface area (Å²) in [6.07, 6.45) is 0. The van der Waals surface area contributed by atoms with Crippen molar-refractivity contribution < 1.29 is 23.7 Å². The molecule has 0 bridgehead atoms. The number of furan rings is 1. The van der Waals surface area contributed by atoms with Gasteiger partial charge in [-0.15, -0.1) is 0 Å². The van der Waals surface area contributed by atoms with Crippen molar-refractivity contribution in [1.82, 2.24) is 4.90 Å². The molecular weight excluding hydrogens is 244 g/mol. The smallest absolute Gasteiger partial charge is 0.433 e. The van der Waals surface area contributed by atoms with Crippen LogP contribution in [-0.2, 0) is 9.53 Å². The number of methoxy groups -OCH3 is 1. The zero-order valence-electron chi connectivity index (χ0n) is 9.91. The van der Waals surface area contributed by atoms with Gasteiger partial charge in [0.25, 0.3) is 5.91 Å². The van der Waals surface area contributed by atoms with Crippen molar-refractivity contribution in [3.63, 3.8) is 0 Å². The average molecular weight is 256 g/mol. The first-order valence-corrected chi connectivity index (χ1v) is 5.10. The maximum Gasteiger partial charge on any atom is 0.433 e. The maximum atomic E-state index is 11.9. The summed E-state index contributed by atoms with van der Waals surface area (Å²) in [4.78, 5) is 33.8. The van der Waals surface area contributed by atoms with Crippen molar-refractivity contribution in [2.45, 2.75) is 6.92 Å². The monoisotopic (exact) mass is 256 g/mol. The van der Waals surface area contributed by atoms with Crippen LogP contribution in [0.5, 0.6) is 0 Å². The minimum absolute atomic E-state index is 0.188. The average Bonchev–Trinajstić information content (AvgIpc) is 2.84. The van der Waals surface area contributed by atoms with E-state index in [4.69, 9.17) is 4.42 Å². The molecule has 0 aliphatic heterocycles. The van der Waals surface area contributed by atoms with Gasteiger partial charge in [-0.1, -0.05) is 0 Å². The molecule has 1 amide bonds. The summed E-state index contributed by atoms with van der Waals surface area (Å²) in [6.45, 7) is 1.68. The van der Waals surface area contributed by atoms with Gasteiger partial charge in [-0.2, -0.15) is 0 Å². The molecule has 0 spiro atoms. The second-order valence-corrected chi connectivity index (χ2v) is 3.29. The van der Waals surface area contributed by atoms with Crippen LogP contribution in [0.15, 0.2) is 16.5 Å². The predicted octanol–water partition coefficient (Wildman–Crippen LogP) is 0.823. The predicted molar refractivity (Wildman–Crippen MR) is 59.0 cm³/mol. The first-order chi connectivity index (χ1) is 8.49. The van der Waals surface area contributed by atoms with E-state index in [2.05, 4.69) is 4.74 Å². The molecule has 0 fully saturated rings. The van der Waals surface area contributed by atoms with Crippen LogP contribution < -0.4 is 0 Å². The van der Waals surface area contributed by atoms with Crippen molar-refractivity contribution in [3.8, 4) is 0 Å². The Kier molecular flexibility index (Phi) is 4.41. The zero-order valence-corrected chi connectivity index (χ0v) is 9.91. The molecule has 0 unspecified atom stereocenters. The van der Waals surface area contributed by atoms with Gasteiger partial charge in [-0.25, -0.2) is 0 Å². The number of amides is 1. The largest absolute Gasteiger partial charge is 0.468 e. The van der Waals surface area contributed by atoms with E-state index in [1.807, 2.05) is 0 Å². The fourth-order valence-electron chi connectivity index (χ4n) is 1.24. The highest BCUT2D eigenvalue weighted by Crippen LogP contribution is 2.17. The van der Waals surface area contributed by atoms with Crippen LogP contribution in [-0.4, -0.2) is 41.9 Å². The first-order valence-electron chi connectivity index (χ1n) is 5.10. The Morgan fingerprint density at radius 2 is 2.17 bits per heavy atom. The van der Waals surface area contributed by atoms with Gasteiger partial charge in [0, 0.05) is 6.54 Å². The lowest BCUT2D eigenvalue weighted by molar-refractivity contribution is -0.402. The maximum absolute atomic E-state index is 11.9. The molecule has 1 aromatic heterocycles. The number of ether oxygens (including phenoxy) is 1. The molecule has 1 aromatic rings. The third-order valence-electron chi connectivity index (χ3n) is 2.20. The highest BCUT2D eigenvalue weighted by atomic mass is 16.6. The van der Waals surface area contributed by atoms with Crippen molar-refractivity contribution >= 4 is 17.8 Å². The number of likely N-dealkylation sites (N-methyl/N-ethyl adjacent to an activating group) is 1. The Balaban J connectivity index is 2.82.